The average molecular weight is 1670 g/mol. The molecule has 105 heavy (non-hydrogen) atoms. The molecule has 1 aliphatic rings. The van der Waals surface area contributed by atoms with Crippen LogP contribution in [0.3, 0.4) is 0 Å². The zero-order valence-corrected chi connectivity index (χ0v) is 63.7. The van der Waals surface area contributed by atoms with E-state index in [9.17, 15) is 56.2 Å². The molecule has 0 heterocycles. The summed E-state index contributed by atoms with van der Waals surface area (Å²) >= 11 is 0. The minimum absolute atomic E-state index is 0.0129. The highest BCUT2D eigenvalue weighted by Gasteiger charge is 2.63. The fraction of sp³-hybridized carbons (Fsp3) is 0.800. The second-order valence-corrected chi connectivity index (χ2v) is 31.9. The third kappa shape index (κ3) is 78.3. The number of aliphatic hydroxyl groups excluding tert-OH is 3. The van der Waals surface area contributed by atoms with Crippen molar-refractivity contribution in [3.8, 4) is 0 Å². The molecule has 0 unspecified atom stereocenters. The van der Waals surface area contributed by atoms with Gasteiger partial charge in [0.2, 0.25) is 0 Å². The Morgan fingerprint density at radius 2 is 0.476 bits per heavy atom. The molecular weight excluding hydrogens is 1560 g/mol. The molecule has 1 rings (SSSR count). The van der Waals surface area contributed by atoms with Gasteiger partial charge in [-0.25, -0.2) is 27.4 Å². The molecule has 39 N–H and O–H groups in total. The summed E-state index contributed by atoms with van der Waals surface area (Å²) in [6, 6.07) is -2.46. The van der Waals surface area contributed by atoms with E-state index in [0.29, 0.717) is 91.2 Å². The van der Waals surface area contributed by atoms with Gasteiger partial charge in [0.15, 0.2) is 17.9 Å². The Labute approximate surface area is 600 Å². The Balaban J connectivity index is -0.000000296. The number of nitrogens with zero attached hydrogens (tertiary/aromatic N) is 6. The number of carboxylic acids is 6. The Morgan fingerprint density at radius 1 is 0.333 bits per heavy atom. The molecule has 1 fully saturated rings. The second-order valence-electron chi connectivity index (χ2n) is 24.7. The van der Waals surface area contributed by atoms with E-state index in [1.807, 2.05) is 63.4 Å². The monoisotopic (exact) mass is 1670 g/mol. The molecule has 0 aliphatic heterocycles. The summed E-state index contributed by atoms with van der Waals surface area (Å²) in [5.41, 5.74) is 46.0. The summed E-state index contributed by atoms with van der Waals surface area (Å²) in [6.07, 6.45) is -18.7. The first-order valence-electron chi connectivity index (χ1n) is 29.3. The average Bonchev–Trinajstić information content (AvgIpc) is 0.745. The highest BCUT2D eigenvalue weighted by atomic mass is 31.2. The lowest BCUT2D eigenvalue weighted by Crippen LogP contribution is -2.66. The molecule has 624 valence electrons. The number of hydrogen-bond donors (Lipinski definition) is 30. The van der Waals surface area contributed by atoms with Crippen molar-refractivity contribution in [2.24, 2.45) is 66.6 Å². The number of phosphoric ester groups is 6. The van der Waals surface area contributed by atoms with Crippen molar-refractivity contribution in [2.75, 3.05) is 103 Å². The lowest BCUT2D eigenvalue weighted by Gasteiger charge is -2.48. The van der Waals surface area contributed by atoms with Crippen molar-refractivity contribution in [2.45, 2.75) is 131 Å². The Bertz CT molecular complexity index is 2580. The molecule has 0 aromatic rings. The van der Waals surface area contributed by atoms with E-state index < -0.39 is 156 Å². The predicted octanol–water partition coefficient (Wildman–Crippen LogP) is -9.19. The Kier molecular flexibility index (Phi) is 54.2. The molecule has 0 bridgehead atoms. The highest BCUT2D eigenvalue weighted by Crippen LogP contribution is 2.57. The van der Waals surface area contributed by atoms with Crippen LogP contribution in [-0.2, 0) is 83.3 Å². The number of aliphatic carboxylic acids is 6. The number of rotatable bonds is 39. The van der Waals surface area contributed by atoms with E-state index in [1.165, 1.54) is 0 Å². The fourth-order valence-corrected chi connectivity index (χ4v) is 10.8. The number of phosphoric acid groups is 6. The number of nitrogens with two attached hydrogens (primary N) is 9. The van der Waals surface area contributed by atoms with Crippen LogP contribution >= 0.6 is 46.9 Å². The molecule has 6 atom stereocenters. The molecule has 1 saturated carbocycles. The maximum absolute atomic E-state index is 11.4. The van der Waals surface area contributed by atoms with Crippen LogP contribution in [0.25, 0.3) is 0 Å². The van der Waals surface area contributed by atoms with Crippen LogP contribution in [0, 0.1) is 0 Å². The summed E-state index contributed by atoms with van der Waals surface area (Å²) in [7, 11) is -18.9. The molecule has 1 aliphatic carbocycles. The maximum atomic E-state index is 11.4. The Morgan fingerprint density at radius 3 is 0.571 bits per heavy atom. The molecule has 0 aromatic heterocycles. The van der Waals surface area contributed by atoms with Crippen LogP contribution in [0.15, 0.2) is 15.0 Å². The lowest BCUT2D eigenvalue weighted by molar-refractivity contribution is -0.873. The topological polar surface area (TPSA) is 956 Å². The third-order valence-electron chi connectivity index (χ3n) is 10.9. The summed E-state index contributed by atoms with van der Waals surface area (Å²) in [5, 5.41) is 77.6. The third-order valence-corrected chi connectivity index (χ3v) is 14.0. The summed E-state index contributed by atoms with van der Waals surface area (Å²) in [4.78, 5) is 182. The van der Waals surface area contributed by atoms with E-state index in [0.717, 1.165) is 0 Å². The van der Waals surface area contributed by atoms with Crippen molar-refractivity contribution in [1.82, 2.24) is 0 Å². The van der Waals surface area contributed by atoms with Gasteiger partial charge in [-0.1, -0.05) is 0 Å². The number of carbonyl (C=O) groups is 6. The number of likely N-dealkylation sites (N-methyl/N-ethyl adjacent to an activating group) is 3. The quantitative estimate of drug-likeness (QED) is 0.00893. The van der Waals surface area contributed by atoms with E-state index in [-0.39, 0.29) is 37.1 Å². The van der Waals surface area contributed by atoms with E-state index >= 15 is 0 Å². The number of aliphatic imine (C=N–C) groups is 3. The van der Waals surface area contributed by atoms with Gasteiger partial charge < -0.3 is 170 Å². The zero-order valence-electron chi connectivity index (χ0n) is 58.3. The predicted molar refractivity (Wildman–Crippen MR) is 362 cm³/mol. The SMILES string of the molecule is C[N+](C)(C)C[C@H](O)CC(=O)O.C[N+](C)(C)C[C@H](O)CC(=O)O.C[N+](C)(C)C[C@H](O)CC(=O)O.NC(N)=NCCC[C@H](N)C(=O)O.NC(N)=NCCC[C@H](N)C(=O)O.NC(N)=NCCC[C@H](N)C(=O)O.O=P(O)(O)OC1C(OP(=O)(O)O)C(OP(=O)(O)O)C(OP(=O)(O)O)C(OP(=O)(O)O)C1OP(=O)(O)O. The van der Waals surface area contributed by atoms with E-state index in [1.54, 1.807) is 0 Å². The molecule has 0 spiro atoms. The standard InChI is InChI=1S/3C7H15NO3.3C6H14N4O2.C6H18O24P6/c3*1-8(2,3)5-6(9)4-7(10)11;3*7-4(5(11)12)2-1-3-10-6(8)9;7-31(8,9)25-1-2(26-32(10,11)12)4(28-34(16,17)18)6(30-36(22,23)24)5(29-35(19,20)21)3(1)27-33(13,14)15/h3*6,9H,4-5H2,1-3H3;3*4H,1-3,7H2,(H,11,12)(H4,8,9,10);1-6H,(H2,7,8,9)(H2,10,11,12)(H2,13,14,15)(H2,16,17,18)(H2,19,20,21)(H2,22,23,24)/p+3/t3*6-;3*4-;/m111000./s1. The number of carboxylic acid groups (broad SMARTS) is 6. The van der Waals surface area contributed by atoms with Gasteiger partial charge in [-0.05, 0) is 38.5 Å². The summed E-state index contributed by atoms with van der Waals surface area (Å²) in [6.45, 7) is 2.65. The van der Waals surface area contributed by atoms with Gasteiger partial charge in [-0.15, -0.1) is 0 Å². The van der Waals surface area contributed by atoms with Crippen LogP contribution in [0.2, 0.25) is 0 Å². The largest absolute Gasteiger partial charge is 0.481 e. The van der Waals surface area contributed by atoms with Crippen LogP contribution in [0.1, 0.15) is 57.8 Å². The zero-order chi connectivity index (χ0) is 84.6. The van der Waals surface area contributed by atoms with Gasteiger partial charge in [0, 0.05) is 19.6 Å². The number of aliphatic hydroxyl groups is 3. The fourth-order valence-electron chi connectivity index (χ4n) is 7.42. The second kappa shape index (κ2) is 51.3. The van der Waals surface area contributed by atoms with Gasteiger partial charge in [0.05, 0.1) is 82.7 Å². The van der Waals surface area contributed by atoms with E-state index in [4.69, 9.17) is 156 Å². The van der Waals surface area contributed by atoms with Crippen molar-refractivity contribution >= 4 is 101 Å². The molecule has 0 radical (unpaired) electrons. The van der Waals surface area contributed by atoms with Crippen molar-refractivity contribution in [1.29, 1.82) is 0 Å². The van der Waals surface area contributed by atoms with Crippen LogP contribution in [-0.4, -0.2) is 348 Å². The first-order chi connectivity index (χ1) is 46.6. The first kappa shape index (κ1) is 111. The van der Waals surface area contributed by atoms with Gasteiger partial charge in [-0.3, -0.25) is 70.9 Å². The molecule has 0 amide bonds. The normalized spacial score (nSPS) is 18.8. The number of quaternary nitrogens is 3. The first-order valence-corrected chi connectivity index (χ1v) is 38.5. The summed E-state index contributed by atoms with van der Waals surface area (Å²) < 4.78 is 94.9. The van der Waals surface area contributed by atoms with Gasteiger partial charge >= 0.3 is 82.8 Å². The van der Waals surface area contributed by atoms with Crippen molar-refractivity contribution in [3.63, 3.8) is 0 Å². The molecule has 0 saturated heterocycles. The highest BCUT2D eigenvalue weighted by molar-refractivity contribution is 7.47. The number of guanidine groups is 3. The van der Waals surface area contributed by atoms with Gasteiger partial charge in [0.25, 0.3) is 0 Å². The van der Waals surface area contributed by atoms with Crippen LogP contribution in [0.4, 0.5) is 0 Å². The maximum Gasteiger partial charge on any atom is 0.470 e. The minimum Gasteiger partial charge on any atom is -0.481 e. The van der Waals surface area contributed by atoms with Crippen molar-refractivity contribution in [3.05, 3.63) is 0 Å². The molecular formula is C45H108N15O39P6+3. The van der Waals surface area contributed by atoms with Gasteiger partial charge in [-0.2, -0.15) is 0 Å². The lowest BCUT2D eigenvalue weighted by atomic mass is 9.85. The van der Waals surface area contributed by atoms with Crippen molar-refractivity contribution < 1.29 is 201 Å². The molecule has 54 nitrogen and oxygen atoms in total. The number of hydrogen-bond acceptors (Lipinski definition) is 27. The minimum atomic E-state index is -6.02. The molecule has 60 heteroatoms. The summed E-state index contributed by atoms with van der Waals surface area (Å²) in [5.74, 6) is -5.82. The van der Waals surface area contributed by atoms with Gasteiger partial charge in [0.1, 0.15) is 92.7 Å². The van der Waals surface area contributed by atoms with Crippen LogP contribution in [0.5, 0.6) is 0 Å². The van der Waals surface area contributed by atoms with E-state index in [2.05, 4.69) is 42.1 Å². The Hall–Kier alpha value is -5.07. The smallest absolute Gasteiger partial charge is 0.470 e. The van der Waals surface area contributed by atoms with Crippen LogP contribution < -0.4 is 51.6 Å². The molecule has 0 aromatic carbocycles.